The van der Waals surface area contributed by atoms with Gasteiger partial charge in [0, 0.05) is 6.54 Å². The van der Waals surface area contributed by atoms with Crippen LogP contribution in [0.15, 0.2) is 36.4 Å². The summed E-state index contributed by atoms with van der Waals surface area (Å²) in [6.45, 7) is 1.18. The maximum absolute atomic E-state index is 13.4. The molecule has 0 amide bonds. The van der Waals surface area contributed by atoms with Crippen LogP contribution in [0, 0.1) is 5.82 Å². The van der Waals surface area contributed by atoms with Gasteiger partial charge in [0.25, 0.3) is 0 Å². The zero-order valence-electron chi connectivity index (χ0n) is 10.7. The summed E-state index contributed by atoms with van der Waals surface area (Å²) < 4.78 is 19.0. The average molecular weight is 257 g/mol. The molecule has 1 heterocycles. The van der Waals surface area contributed by atoms with Gasteiger partial charge in [-0.1, -0.05) is 12.1 Å². The quantitative estimate of drug-likeness (QED) is 0.896. The first-order chi connectivity index (χ1) is 9.28. The highest BCUT2D eigenvalue weighted by Gasteiger charge is 2.13. The van der Waals surface area contributed by atoms with Gasteiger partial charge in [-0.15, -0.1) is 0 Å². The molecule has 0 spiro atoms. The summed E-state index contributed by atoms with van der Waals surface area (Å²) in [5.41, 5.74) is 9.75. The molecule has 19 heavy (non-hydrogen) atoms. The van der Waals surface area contributed by atoms with Crippen LogP contribution in [-0.4, -0.2) is 6.61 Å². The van der Waals surface area contributed by atoms with Crippen molar-refractivity contribution in [3.8, 4) is 16.9 Å². The van der Waals surface area contributed by atoms with E-state index in [4.69, 9.17) is 10.5 Å². The second-order valence-corrected chi connectivity index (χ2v) is 4.78. The molecule has 1 aliphatic heterocycles. The van der Waals surface area contributed by atoms with Crippen molar-refractivity contribution in [1.82, 2.24) is 0 Å². The molecule has 2 aromatic rings. The number of hydrogen-bond acceptors (Lipinski definition) is 2. The van der Waals surface area contributed by atoms with E-state index in [2.05, 4.69) is 6.07 Å². The van der Waals surface area contributed by atoms with Crippen molar-refractivity contribution < 1.29 is 9.13 Å². The Bertz CT molecular complexity index is 610. The molecular formula is C16H16FNO. The second-order valence-electron chi connectivity index (χ2n) is 4.78. The van der Waals surface area contributed by atoms with Gasteiger partial charge in [0.15, 0.2) is 0 Å². The lowest BCUT2D eigenvalue weighted by Crippen LogP contribution is -2.08. The highest BCUT2D eigenvalue weighted by molar-refractivity contribution is 5.69. The van der Waals surface area contributed by atoms with E-state index in [0.29, 0.717) is 6.54 Å². The fourth-order valence-electron chi connectivity index (χ4n) is 2.52. The molecule has 0 bridgehead atoms. The monoisotopic (exact) mass is 257 g/mol. The van der Waals surface area contributed by atoms with Crippen LogP contribution >= 0.6 is 0 Å². The molecule has 0 atom stereocenters. The summed E-state index contributed by atoms with van der Waals surface area (Å²) in [6.07, 6.45) is 2.04. The van der Waals surface area contributed by atoms with Gasteiger partial charge in [-0.2, -0.15) is 0 Å². The first-order valence-electron chi connectivity index (χ1n) is 6.52. The summed E-state index contributed by atoms with van der Waals surface area (Å²) in [5.74, 6) is 0.710. The Morgan fingerprint density at radius 2 is 2.05 bits per heavy atom. The number of rotatable bonds is 2. The fraction of sp³-hybridized carbons (Fsp3) is 0.250. The fourth-order valence-corrected chi connectivity index (χ4v) is 2.52. The van der Waals surface area contributed by atoms with E-state index in [9.17, 15) is 4.39 Å². The van der Waals surface area contributed by atoms with Crippen molar-refractivity contribution in [2.45, 2.75) is 19.4 Å². The van der Waals surface area contributed by atoms with Gasteiger partial charge in [-0.25, -0.2) is 4.39 Å². The Hall–Kier alpha value is -1.87. The van der Waals surface area contributed by atoms with Crippen LogP contribution in [0.3, 0.4) is 0 Å². The minimum atomic E-state index is -0.235. The molecule has 98 valence electrons. The molecule has 2 N–H and O–H groups in total. The van der Waals surface area contributed by atoms with E-state index >= 15 is 0 Å². The molecule has 0 aliphatic carbocycles. The number of benzene rings is 2. The zero-order valence-corrected chi connectivity index (χ0v) is 10.7. The van der Waals surface area contributed by atoms with Crippen molar-refractivity contribution >= 4 is 0 Å². The Labute approximate surface area is 112 Å². The first-order valence-corrected chi connectivity index (χ1v) is 6.52. The molecule has 0 saturated heterocycles. The van der Waals surface area contributed by atoms with Gasteiger partial charge in [0.05, 0.1) is 6.61 Å². The number of halogens is 1. The van der Waals surface area contributed by atoms with Crippen molar-refractivity contribution in [2.75, 3.05) is 6.61 Å². The standard InChI is InChI=1S/C16H16FNO/c17-14-5-3-13(10-18)15(9-14)11-4-6-16-12(8-11)2-1-7-19-16/h3-6,8-9H,1-2,7,10,18H2. The lowest BCUT2D eigenvalue weighted by atomic mass is 9.95. The van der Waals surface area contributed by atoms with Crippen LogP contribution in [0.4, 0.5) is 4.39 Å². The van der Waals surface area contributed by atoms with Crippen LogP contribution < -0.4 is 10.5 Å². The van der Waals surface area contributed by atoms with E-state index in [1.54, 1.807) is 12.1 Å². The number of ether oxygens (including phenoxy) is 1. The molecule has 0 aromatic heterocycles. The molecule has 2 aromatic carbocycles. The third kappa shape index (κ3) is 2.34. The summed E-state index contributed by atoms with van der Waals surface area (Å²) in [4.78, 5) is 0. The maximum Gasteiger partial charge on any atom is 0.123 e. The molecule has 3 rings (SSSR count). The molecule has 0 saturated carbocycles. The van der Waals surface area contributed by atoms with Crippen LogP contribution in [0.25, 0.3) is 11.1 Å². The van der Waals surface area contributed by atoms with Crippen molar-refractivity contribution in [2.24, 2.45) is 5.73 Å². The van der Waals surface area contributed by atoms with Crippen LogP contribution in [-0.2, 0) is 13.0 Å². The third-order valence-electron chi connectivity index (χ3n) is 3.51. The zero-order chi connectivity index (χ0) is 13.2. The number of fused-ring (bicyclic) bond motifs is 1. The normalized spacial score (nSPS) is 13.8. The molecule has 0 fully saturated rings. The first kappa shape index (κ1) is 12.2. The van der Waals surface area contributed by atoms with E-state index in [-0.39, 0.29) is 5.82 Å². The SMILES string of the molecule is NCc1ccc(F)cc1-c1ccc2c(c1)CCCO2. The Kier molecular flexibility index (Phi) is 3.22. The Morgan fingerprint density at radius 3 is 2.89 bits per heavy atom. The van der Waals surface area contributed by atoms with E-state index < -0.39 is 0 Å². The van der Waals surface area contributed by atoms with E-state index in [1.165, 1.54) is 11.6 Å². The van der Waals surface area contributed by atoms with Crippen molar-refractivity contribution in [1.29, 1.82) is 0 Å². The molecule has 3 heteroatoms. The van der Waals surface area contributed by atoms with Crippen LogP contribution in [0.2, 0.25) is 0 Å². The van der Waals surface area contributed by atoms with Gasteiger partial charge in [-0.05, 0) is 59.4 Å². The topological polar surface area (TPSA) is 35.2 Å². The second kappa shape index (κ2) is 5.02. The third-order valence-corrected chi connectivity index (χ3v) is 3.51. The van der Waals surface area contributed by atoms with Gasteiger partial charge in [-0.3, -0.25) is 0 Å². The molecule has 0 unspecified atom stereocenters. The van der Waals surface area contributed by atoms with Crippen molar-refractivity contribution in [3.63, 3.8) is 0 Å². The van der Waals surface area contributed by atoms with Crippen molar-refractivity contribution in [3.05, 3.63) is 53.3 Å². The predicted octanol–water partition coefficient (Wildman–Crippen LogP) is 3.28. The summed E-state index contributed by atoms with van der Waals surface area (Å²) in [7, 11) is 0. The highest BCUT2D eigenvalue weighted by atomic mass is 19.1. The lowest BCUT2D eigenvalue weighted by Gasteiger charge is -2.18. The van der Waals surface area contributed by atoms with Gasteiger partial charge in [0.1, 0.15) is 11.6 Å². The number of nitrogens with two attached hydrogens (primary N) is 1. The molecular weight excluding hydrogens is 241 g/mol. The van der Waals surface area contributed by atoms with E-state index in [0.717, 1.165) is 41.9 Å². The van der Waals surface area contributed by atoms with E-state index in [1.807, 2.05) is 12.1 Å². The van der Waals surface area contributed by atoms with Crippen LogP contribution in [0.1, 0.15) is 17.5 Å². The average Bonchev–Trinajstić information content (AvgIpc) is 2.46. The molecule has 0 radical (unpaired) electrons. The van der Waals surface area contributed by atoms with Gasteiger partial charge < -0.3 is 10.5 Å². The Balaban J connectivity index is 2.09. The Morgan fingerprint density at radius 1 is 1.16 bits per heavy atom. The largest absolute Gasteiger partial charge is 0.493 e. The minimum absolute atomic E-state index is 0.235. The number of hydrogen-bond donors (Lipinski definition) is 1. The summed E-state index contributed by atoms with van der Waals surface area (Å²) in [6, 6.07) is 10.8. The maximum atomic E-state index is 13.4. The highest BCUT2D eigenvalue weighted by Crippen LogP contribution is 2.32. The summed E-state index contributed by atoms with van der Waals surface area (Å²) in [5, 5.41) is 0. The molecule has 2 nitrogen and oxygen atoms in total. The number of aryl methyl sites for hydroxylation is 1. The van der Waals surface area contributed by atoms with Crippen LogP contribution in [0.5, 0.6) is 5.75 Å². The minimum Gasteiger partial charge on any atom is -0.493 e. The predicted molar refractivity (Wildman–Crippen MR) is 73.5 cm³/mol. The van der Waals surface area contributed by atoms with Gasteiger partial charge in [0.2, 0.25) is 0 Å². The molecule has 1 aliphatic rings. The lowest BCUT2D eigenvalue weighted by molar-refractivity contribution is 0.288. The summed E-state index contributed by atoms with van der Waals surface area (Å²) >= 11 is 0. The van der Waals surface area contributed by atoms with Gasteiger partial charge >= 0.3 is 0 Å². The smallest absolute Gasteiger partial charge is 0.123 e.